The third-order valence-electron chi connectivity index (χ3n) is 6.17. The van der Waals surface area contributed by atoms with Gasteiger partial charge in [0.05, 0.1) is 5.56 Å². The Balaban J connectivity index is 1.70. The van der Waals surface area contributed by atoms with Gasteiger partial charge in [0.2, 0.25) is 5.91 Å². The van der Waals surface area contributed by atoms with Crippen LogP contribution in [0.2, 0.25) is 0 Å². The van der Waals surface area contributed by atoms with Crippen molar-refractivity contribution in [2.24, 2.45) is 0 Å². The maximum Gasteiger partial charge on any atom is 0.253 e. The Morgan fingerprint density at radius 3 is 2.45 bits per heavy atom. The van der Waals surface area contributed by atoms with Crippen LogP contribution in [0.3, 0.4) is 0 Å². The van der Waals surface area contributed by atoms with Gasteiger partial charge in [-0.2, -0.15) is 0 Å². The summed E-state index contributed by atoms with van der Waals surface area (Å²) in [5, 5.41) is 6.02. The average Bonchev–Trinajstić information content (AvgIpc) is 2.80. The van der Waals surface area contributed by atoms with Crippen LogP contribution in [0.5, 0.6) is 0 Å². The molecule has 5 nitrogen and oxygen atoms in total. The lowest BCUT2D eigenvalue weighted by Crippen LogP contribution is -2.35. The van der Waals surface area contributed by atoms with Crippen LogP contribution < -0.4 is 15.5 Å². The number of rotatable bonds is 11. The molecule has 1 aliphatic heterocycles. The van der Waals surface area contributed by atoms with Gasteiger partial charge in [0, 0.05) is 36.9 Å². The normalized spacial score (nSPS) is 13.0. The molecule has 0 fully saturated rings. The molecule has 2 aromatic carbocycles. The van der Waals surface area contributed by atoms with Crippen molar-refractivity contribution in [1.82, 2.24) is 5.32 Å². The number of nitrogens with one attached hydrogen (secondary N) is 2. The number of anilines is 2. The third kappa shape index (κ3) is 7.34. The number of benzene rings is 2. The summed E-state index contributed by atoms with van der Waals surface area (Å²) in [6.45, 7) is 7.77. The zero-order valence-corrected chi connectivity index (χ0v) is 20.5. The Labute approximate surface area is 199 Å². The van der Waals surface area contributed by atoms with Gasteiger partial charge in [0.15, 0.2) is 0 Å². The van der Waals surface area contributed by atoms with Crippen molar-refractivity contribution >= 4 is 23.2 Å². The summed E-state index contributed by atoms with van der Waals surface area (Å²) in [6.07, 6.45) is 8.40. The van der Waals surface area contributed by atoms with E-state index in [2.05, 4.69) is 46.7 Å². The van der Waals surface area contributed by atoms with Gasteiger partial charge < -0.3 is 15.5 Å². The summed E-state index contributed by atoms with van der Waals surface area (Å²) in [5.74, 6) is -0.0914. The van der Waals surface area contributed by atoms with Gasteiger partial charge in [0.1, 0.15) is 0 Å². The third-order valence-corrected chi connectivity index (χ3v) is 6.17. The fraction of sp³-hybridized carbons (Fsp3) is 0.500. The molecule has 0 saturated carbocycles. The van der Waals surface area contributed by atoms with Crippen molar-refractivity contribution in [3.63, 3.8) is 0 Å². The van der Waals surface area contributed by atoms with Crippen molar-refractivity contribution < 1.29 is 9.59 Å². The second-order valence-corrected chi connectivity index (χ2v) is 9.37. The summed E-state index contributed by atoms with van der Waals surface area (Å²) in [7, 11) is 0. The van der Waals surface area contributed by atoms with Gasteiger partial charge in [-0.15, -0.1) is 0 Å². The molecule has 0 spiro atoms. The van der Waals surface area contributed by atoms with E-state index in [1.54, 1.807) is 0 Å². The number of hydrogen-bond donors (Lipinski definition) is 2. The molecule has 2 aromatic rings. The van der Waals surface area contributed by atoms with Crippen molar-refractivity contribution in [3.8, 4) is 0 Å². The number of carbonyl (C=O) groups is 2. The highest BCUT2D eigenvalue weighted by atomic mass is 16.2. The van der Waals surface area contributed by atoms with Crippen molar-refractivity contribution in [2.45, 2.75) is 84.7 Å². The summed E-state index contributed by atoms with van der Waals surface area (Å²) in [6, 6.07) is 14.2. The van der Waals surface area contributed by atoms with Crippen molar-refractivity contribution in [3.05, 3.63) is 59.2 Å². The van der Waals surface area contributed by atoms with Gasteiger partial charge in [-0.05, 0) is 56.0 Å². The van der Waals surface area contributed by atoms with Crippen LogP contribution in [0.25, 0.3) is 0 Å². The van der Waals surface area contributed by atoms with E-state index in [-0.39, 0.29) is 17.9 Å². The smallest absolute Gasteiger partial charge is 0.253 e. The van der Waals surface area contributed by atoms with E-state index in [1.165, 1.54) is 36.8 Å². The Morgan fingerprint density at radius 1 is 0.970 bits per heavy atom. The van der Waals surface area contributed by atoms with E-state index >= 15 is 0 Å². The Bertz CT molecular complexity index is 938. The number of fused-ring (bicyclic) bond motifs is 1. The van der Waals surface area contributed by atoms with Crippen LogP contribution in [-0.2, 0) is 17.8 Å². The molecule has 33 heavy (non-hydrogen) atoms. The molecule has 1 heterocycles. The van der Waals surface area contributed by atoms with E-state index in [4.69, 9.17) is 0 Å². The number of amides is 2. The lowest BCUT2D eigenvalue weighted by Gasteiger charge is -2.32. The quantitative estimate of drug-likeness (QED) is 0.409. The first-order valence-electron chi connectivity index (χ1n) is 12.5. The molecule has 2 amide bonds. The number of hydrogen-bond acceptors (Lipinski definition) is 3. The van der Waals surface area contributed by atoms with Gasteiger partial charge in [-0.1, -0.05) is 63.3 Å². The zero-order valence-electron chi connectivity index (χ0n) is 20.5. The predicted octanol–water partition coefficient (Wildman–Crippen LogP) is 6.08. The first-order chi connectivity index (χ1) is 16.0. The van der Waals surface area contributed by atoms with Crippen molar-refractivity contribution in [1.29, 1.82) is 0 Å². The summed E-state index contributed by atoms with van der Waals surface area (Å²) in [5.41, 5.74) is 4.88. The summed E-state index contributed by atoms with van der Waals surface area (Å²) < 4.78 is 0. The topological polar surface area (TPSA) is 61.4 Å². The second kappa shape index (κ2) is 12.4. The fourth-order valence-corrected chi connectivity index (χ4v) is 4.40. The largest absolute Gasteiger partial charge is 0.366 e. The fourth-order valence-electron chi connectivity index (χ4n) is 4.40. The van der Waals surface area contributed by atoms with Crippen molar-refractivity contribution in [2.75, 3.05) is 16.8 Å². The van der Waals surface area contributed by atoms with Crippen LogP contribution in [0.15, 0.2) is 42.5 Å². The predicted molar refractivity (Wildman–Crippen MR) is 137 cm³/mol. The van der Waals surface area contributed by atoms with E-state index in [0.717, 1.165) is 38.0 Å². The average molecular weight is 450 g/mol. The Kier molecular flexibility index (Phi) is 9.35. The van der Waals surface area contributed by atoms with Crippen LogP contribution in [0.4, 0.5) is 11.4 Å². The van der Waals surface area contributed by atoms with Crippen LogP contribution in [-0.4, -0.2) is 24.4 Å². The monoisotopic (exact) mass is 449 g/mol. The van der Waals surface area contributed by atoms with E-state index in [1.807, 2.05) is 32.0 Å². The van der Waals surface area contributed by atoms with E-state index < -0.39 is 0 Å². The van der Waals surface area contributed by atoms with Gasteiger partial charge >= 0.3 is 0 Å². The molecule has 0 radical (unpaired) electrons. The molecule has 0 unspecified atom stereocenters. The Morgan fingerprint density at radius 2 is 1.70 bits per heavy atom. The summed E-state index contributed by atoms with van der Waals surface area (Å²) >= 11 is 0. The molecule has 3 rings (SSSR count). The first kappa shape index (κ1) is 24.8. The minimum absolute atomic E-state index is 0.0142. The highest BCUT2D eigenvalue weighted by Gasteiger charge is 2.22. The lowest BCUT2D eigenvalue weighted by atomic mass is 9.98. The molecule has 5 heteroatoms. The minimum Gasteiger partial charge on any atom is -0.366 e. The first-order valence-corrected chi connectivity index (χ1v) is 12.5. The molecule has 0 aromatic heterocycles. The van der Waals surface area contributed by atoms with E-state index in [0.29, 0.717) is 17.7 Å². The van der Waals surface area contributed by atoms with Crippen LogP contribution >= 0.6 is 0 Å². The molecule has 0 atom stereocenters. The van der Waals surface area contributed by atoms with Gasteiger partial charge in [-0.3, -0.25) is 9.59 Å². The molecule has 178 valence electrons. The molecular formula is C28H39N3O2. The maximum absolute atomic E-state index is 13.0. The minimum atomic E-state index is -0.106. The maximum atomic E-state index is 13.0. The Hall–Kier alpha value is -2.82. The molecular weight excluding hydrogens is 410 g/mol. The highest BCUT2D eigenvalue weighted by molar-refractivity contribution is 6.02. The van der Waals surface area contributed by atoms with Crippen LogP contribution in [0.1, 0.15) is 87.2 Å². The number of nitrogens with zero attached hydrogens (tertiary/aromatic N) is 1. The number of unbranched alkanes of at least 4 members (excludes halogenated alkanes) is 5. The SMILES string of the molecule is CCCCCCCCC(=O)Nc1ccc(N2CCc3ccccc3C2)c(C(=O)NC(C)C)c1. The molecule has 1 aliphatic rings. The van der Waals surface area contributed by atoms with Gasteiger partial charge in [-0.25, -0.2) is 0 Å². The molecule has 0 aliphatic carbocycles. The number of carbonyl (C=O) groups excluding carboxylic acids is 2. The summed E-state index contributed by atoms with van der Waals surface area (Å²) in [4.78, 5) is 27.8. The molecule has 0 bridgehead atoms. The zero-order chi connectivity index (χ0) is 23.6. The highest BCUT2D eigenvalue weighted by Crippen LogP contribution is 2.30. The van der Waals surface area contributed by atoms with Crippen LogP contribution in [0, 0.1) is 0 Å². The molecule has 0 saturated heterocycles. The standard InChI is InChI=1S/C28H39N3O2/c1-4-5-6-7-8-9-14-27(32)30-24-15-16-26(25(19-24)28(33)29-21(2)3)31-18-17-22-12-10-11-13-23(22)20-31/h10-13,15-16,19,21H,4-9,14,17-18,20H2,1-3H3,(H,29,33)(H,30,32). The lowest BCUT2D eigenvalue weighted by molar-refractivity contribution is -0.116. The van der Waals surface area contributed by atoms with Gasteiger partial charge in [0.25, 0.3) is 5.91 Å². The second-order valence-electron chi connectivity index (χ2n) is 9.37. The van der Waals surface area contributed by atoms with E-state index in [9.17, 15) is 9.59 Å². The molecule has 2 N–H and O–H groups in total.